The third-order valence-corrected chi connectivity index (χ3v) is 3.79. The highest BCUT2D eigenvalue weighted by molar-refractivity contribution is 5.97. The summed E-state index contributed by atoms with van der Waals surface area (Å²) in [5.74, 6) is -1.63. The number of nitrogens with two attached hydrogens (primary N) is 1. The van der Waals surface area contributed by atoms with Crippen molar-refractivity contribution in [3.63, 3.8) is 0 Å². The van der Waals surface area contributed by atoms with Crippen LogP contribution in [-0.4, -0.2) is 28.2 Å². The maximum atomic E-state index is 12.9. The second kappa shape index (κ2) is 5.55. The maximum absolute atomic E-state index is 12.9. The number of hydrogen-bond donors (Lipinski definition) is 1. The van der Waals surface area contributed by atoms with Gasteiger partial charge in [0.2, 0.25) is 11.9 Å². The minimum Gasteiger partial charge on any atom is -0.368 e. The van der Waals surface area contributed by atoms with Crippen LogP contribution in [0.3, 0.4) is 0 Å². The van der Waals surface area contributed by atoms with E-state index in [9.17, 15) is 14.0 Å². The zero-order valence-corrected chi connectivity index (χ0v) is 11.7. The van der Waals surface area contributed by atoms with Gasteiger partial charge in [0.25, 0.3) is 5.91 Å². The monoisotopic (exact) mass is 299 g/mol. The zero-order chi connectivity index (χ0) is 15.7. The Morgan fingerprint density at radius 1 is 1.23 bits per heavy atom. The van der Waals surface area contributed by atoms with Gasteiger partial charge in [0.05, 0.1) is 5.56 Å². The number of nitrogens with zero attached hydrogens (tertiary/aromatic N) is 2. The Bertz CT molecular complexity index is 730. The Labute approximate surface area is 126 Å². The molecule has 0 bridgehead atoms. The molecule has 2 aromatic rings. The predicted octanol–water partition coefficient (Wildman–Crippen LogP) is 1.45. The molecule has 112 valence electrons. The van der Waals surface area contributed by atoms with E-state index in [1.807, 2.05) is 18.2 Å². The van der Waals surface area contributed by atoms with Crippen LogP contribution in [0.4, 0.5) is 4.39 Å². The quantitative estimate of drug-likeness (QED) is 0.853. The summed E-state index contributed by atoms with van der Waals surface area (Å²) in [6.45, 7) is 0.376. The SMILES string of the molecule is NC(=O)[C@@H]1c2ccccc2CCN1C(=O)c1ccc(F)nc1. The average molecular weight is 299 g/mol. The van der Waals surface area contributed by atoms with Crippen LogP contribution in [0.1, 0.15) is 27.5 Å². The molecule has 0 aliphatic carbocycles. The molecule has 0 saturated carbocycles. The fraction of sp³-hybridized carbons (Fsp3) is 0.188. The molecule has 2 amide bonds. The van der Waals surface area contributed by atoms with E-state index < -0.39 is 17.9 Å². The number of rotatable bonds is 2. The number of hydrogen-bond acceptors (Lipinski definition) is 3. The number of fused-ring (bicyclic) bond motifs is 1. The van der Waals surface area contributed by atoms with Crippen LogP contribution in [0.15, 0.2) is 42.6 Å². The van der Waals surface area contributed by atoms with Crippen LogP contribution in [0.25, 0.3) is 0 Å². The highest BCUT2D eigenvalue weighted by Crippen LogP contribution is 2.30. The average Bonchev–Trinajstić information content (AvgIpc) is 2.53. The van der Waals surface area contributed by atoms with Crippen LogP contribution >= 0.6 is 0 Å². The van der Waals surface area contributed by atoms with Gasteiger partial charge in [0, 0.05) is 12.7 Å². The molecule has 0 unspecified atom stereocenters. The van der Waals surface area contributed by atoms with Gasteiger partial charge < -0.3 is 10.6 Å². The zero-order valence-electron chi connectivity index (χ0n) is 11.7. The lowest BCUT2D eigenvalue weighted by atomic mass is 9.91. The van der Waals surface area contributed by atoms with Crippen molar-refractivity contribution < 1.29 is 14.0 Å². The number of carbonyl (C=O) groups excluding carboxylic acids is 2. The Hall–Kier alpha value is -2.76. The van der Waals surface area contributed by atoms with Crippen LogP contribution in [-0.2, 0) is 11.2 Å². The summed E-state index contributed by atoms with van der Waals surface area (Å²) in [4.78, 5) is 29.4. The van der Waals surface area contributed by atoms with E-state index in [1.165, 1.54) is 11.0 Å². The predicted molar refractivity (Wildman–Crippen MR) is 77.3 cm³/mol. The standard InChI is InChI=1S/C16H14FN3O2/c17-13-6-5-11(9-19-13)16(22)20-8-7-10-3-1-2-4-12(10)14(20)15(18)21/h1-6,9,14H,7-8H2,(H2,18,21)/t14-/m0/s1. The van der Waals surface area contributed by atoms with Crippen molar-refractivity contribution >= 4 is 11.8 Å². The second-order valence-electron chi connectivity index (χ2n) is 5.12. The van der Waals surface area contributed by atoms with E-state index in [1.54, 1.807) is 6.07 Å². The minimum atomic E-state index is -0.817. The van der Waals surface area contributed by atoms with Crippen molar-refractivity contribution in [3.05, 3.63) is 65.2 Å². The molecule has 22 heavy (non-hydrogen) atoms. The Morgan fingerprint density at radius 2 is 2.00 bits per heavy atom. The molecule has 6 heteroatoms. The third-order valence-electron chi connectivity index (χ3n) is 3.79. The molecule has 1 aliphatic rings. The van der Waals surface area contributed by atoms with Gasteiger partial charge in [-0.3, -0.25) is 9.59 Å². The van der Waals surface area contributed by atoms with Crippen LogP contribution in [0.2, 0.25) is 0 Å². The molecular weight excluding hydrogens is 285 g/mol. The summed E-state index contributed by atoms with van der Waals surface area (Å²) in [6, 6.07) is 9.07. The van der Waals surface area contributed by atoms with E-state index in [-0.39, 0.29) is 11.5 Å². The maximum Gasteiger partial charge on any atom is 0.256 e. The number of pyridine rings is 1. The van der Waals surface area contributed by atoms with Crippen molar-refractivity contribution in [3.8, 4) is 0 Å². The molecular formula is C16H14FN3O2. The summed E-state index contributed by atoms with van der Waals surface area (Å²) < 4.78 is 12.9. The smallest absolute Gasteiger partial charge is 0.256 e. The minimum absolute atomic E-state index is 0.229. The van der Waals surface area contributed by atoms with Crippen LogP contribution < -0.4 is 5.73 Å². The van der Waals surface area contributed by atoms with E-state index >= 15 is 0 Å². The highest BCUT2D eigenvalue weighted by Gasteiger charge is 2.34. The number of benzene rings is 1. The molecule has 0 fully saturated rings. The second-order valence-corrected chi connectivity index (χ2v) is 5.12. The Morgan fingerprint density at radius 3 is 2.68 bits per heavy atom. The lowest BCUT2D eigenvalue weighted by Gasteiger charge is -2.35. The van der Waals surface area contributed by atoms with Gasteiger partial charge in [-0.1, -0.05) is 24.3 Å². The largest absolute Gasteiger partial charge is 0.368 e. The fourth-order valence-corrected chi connectivity index (χ4v) is 2.76. The van der Waals surface area contributed by atoms with Gasteiger partial charge in [-0.2, -0.15) is 4.39 Å². The van der Waals surface area contributed by atoms with E-state index in [0.717, 1.165) is 23.4 Å². The number of aromatic nitrogens is 1. The van der Waals surface area contributed by atoms with Gasteiger partial charge in [-0.05, 0) is 29.7 Å². The molecule has 0 spiro atoms. The number of carbonyl (C=O) groups is 2. The molecule has 0 radical (unpaired) electrons. The lowest BCUT2D eigenvalue weighted by molar-refractivity contribution is -0.123. The van der Waals surface area contributed by atoms with E-state index in [2.05, 4.69) is 4.98 Å². The molecule has 1 aromatic carbocycles. The van der Waals surface area contributed by atoms with Crippen molar-refractivity contribution in [2.45, 2.75) is 12.5 Å². The molecule has 5 nitrogen and oxygen atoms in total. The first kappa shape index (κ1) is 14.2. The molecule has 1 aromatic heterocycles. The van der Waals surface area contributed by atoms with Crippen molar-refractivity contribution in [2.24, 2.45) is 5.73 Å². The number of amides is 2. The van der Waals surface area contributed by atoms with Crippen molar-refractivity contribution in [2.75, 3.05) is 6.54 Å². The summed E-state index contributed by atoms with van der Waals surface area (Å²) in [5, 5.41) is 0. The molecule has 1 aliphatic heterocycles. The first-order chi connectivity index (χ1) is 10.6. The van der Waals surface area contributed by atoms with Crippen LogP contribution in [0, 0.1) is 5.95 Å². The van der Waals surface area contributed by atoms with E-state index in [4.69, 9.17) is 5.73 Å². The van der Waals surface area contributed by atoms with Crippen molar-refractivity contribution in [1.82, 2.24) is 9.88 Å². The first-order valence-corrected chi connectivity index (χ1v) is 6.87. The molecule has 2 N–H and O–H groups in total. The summed E-state index contributed by atoms with van der Waals surface area (Å²) in [6.07, 6.45) is 1.80. The highest BCUT2D eigenvalue weighted by atomic mass is 19.1. The topological polar surface area (TPSA) is 76.3 Å². The van der Waals surface area contributed by atoms with Gasteiger partial charge in [-0.25, -0.2) is 4.98 Å². The lowest BCUT2D eigenvalue weighted by Crippen LogP contribution is -2.45. The van der Waals surface area contributed by atoms with Crippen molar-refractivity contribution in [1.29, 1.82) is 0 Å². The third kappa shape index (κ3) is 2.43. The van der Waals surface area contributed by atoms with E-state index in [0.29, 0.717) is 13.0 Å². The summed E-state index contributed by atoms with van der Waals surface area (Å²) >= 11 is 0. The Balaban J connectivity index is 1.98. The molecule has 2 heterocycles. The number of halogens is 1. The molecule has 1 atom stereocenters. The van der Waals surface area contributed by atoms with Gasteiger partial charge >= 0.3 is 0 Å². The summed E-state index contributed by atoms with van der Waals surface area (Å²) in [7, 11) is 0. The summed E-state index contributed by atoms with van der Waals surface area (Å²) in [5.41, 5.74) is 7.48. The van der Waals surface area contributed by atoms with Gasteiger partial charge in [0.1, 0.15) is 6.04 Å². The van der Waals surface area contributed by atoms with Gasteiger partial charge in [-0.15, -0.1) is 0 Å². The van der Waals surface area contributed by atoms with Crippen LogP contribution in [0.5, 0.6) is 0 Å². The Kier molecular flexibility index (Phi) is 3.58. The fourth-order valence-electron chi connectivity index (χ4n) is 2.76. The molecule has 0 saturated heterocycles. The first-order valence-electron chi connectivity index (χ1n) is 6.87. The number of primary amides is 1. The van der Waals surface area contributed by atoms with Gasteiger partial charge in [0.15, 0.2) is 0 Å². The normalized spacial score (nSPS) is 17.0. The molecule has 3 rings (SSSR count).